The molecule has 0 spiro atoms. The number of hydrogen-bond donors (Lipinski definition) is 1. The number of amides is 1. The van der Waals surface area contributed by atoms with Crippen LogP contribution in [0.5, 0.6) is 0 Å². The van der Waals surface area contributed by atoms with E-state index in [1.54, 1.807) is 29.2 Å². The highest BCUT2D eigenvalue weighted by Gasteiger charge is 2.22. The molecular formula is C13H13Cl2NO2. The van der Waals surface area contributed by atoms with E-state index < -0.39 is 6.10 Å². The molecule has 1 aliphatic rings. The predicted molar refractivity (Wildman–Crippen MR) is 72.7 cm³/mol. The van der Waals surface area contributed by atoms with Gasteiger partial charge in [-0.3, -0.25) is 4.79 Å². The highest BCUT2D eigenvalue weighted by atomic mass is 35.5. The number of nitrogens with zero attached hydrogens (tertiary/aromatic N) is 1. The third-order valence-corrected chi connectivity index (χ3v) is 3.53. The van der Waals surface area contributed by atoms with E-state index in [2.05, 4.69) is 0 Å². The van der Waals surface area contributed by atoms with Gasteiger partial charge in [0.25, 0.3) is 0 Å². The maximum Gasteiger partial charge on any atom is 0.246 e. The molecule has 5 heteroatoms. The Morgan fingerprint density at radius 2 is 2.06 bits per heavy atom. The molecule has 1 aromatic rings. The van der Waals surface area contributed by atoms with E-state index in [1.807, 2.05) is 0 Å². The van der Waals surface area contributed by atoms with Crippen LogP contribution >= 0.6 is 23.2 Å². The van der Waals surface area contributed by atoms with E-state index in [-0.39, 0.29) is 5.91 Å². The minimum absolute atomic E-state index is 0.137. The number of carbonyl (C=O) groups excluding carboxylic acids is 1. The number of carbonyl (C=O) groups is 1. The monoisotopic (exact) mass is 285 g/mol. The van der Waals surface area contributed by atoms with Crippen molar-refractivity contribution in [3.8, 4) is 0 Å². The van der Waals surface area contributed by atoms with Crippen LogP contribution in [-0.2, 0) is 4.79 Å². The van der Waals surface area contributed by atoms with E-state index in [4.69, 9.17) is 23.2 Å². The summed E-state index contributed by atoms with van der Waals surface area (Å²) >= 11 is 12.0. The first-order valence-corrected chi connectivity index (χ1v) is 6.42. The van der Waals surface area contributed by atoms with Crippen LogP contribution in [0.3, 0.4) is 0 Å². The van der Waals surface area contributed by atoms with Crippen LogP contribution in [0.2, 0.25) is 10.0 Å². The average molecular weight is 286 g/mol. The van der Waals surface area contributed by atoms with Gasteiger partial charge in [0.05, 0.1) is 6.10 Å². The van der Waals surface area contributed by atoms with Crippen molar-refractivity contribution in [1.82, 2.24) is 4.90 Å². The summed E-state index contributed by atoms with van der Waals surface area (Å²) in [5, 5.41) is 10.4. The van der Waals surface area contributed by atoms with Crippen LogP contribution in [0, 0.1) is 0 Å². The van der Waals surface area contributed by atoms with E-state index in [0.29, 0.717) is 35.1 Å². The molecular weight excluding hydrogens is 273 g/mol. The molecule has 0 aliphatic carbocycles. The lowest BCUT2D eigenvalue weighted by Gasteiger charge is -2.12. The summed E-state index contributed by atoms with van der Waals surface area (Å²) in [5.41, 5.74) is 0.633. The fourth-order valence-electron chi connectivity index (χ4n) is 1.87. The molecule has 0 aromatic heterocycles. The molecule has 0 bridgehead atoms. The van der Waals surface area contributed by atoms with Crippen molar-refractivity contribution >= 4 is 35.2 Å². The van der Waals surface area contributed by atoms with E-state index in [9.17, 15) is 9.90 Å². The van der Waals surface area contributed by atoms with Crippen LogP contribution in [0.4, 0.5) is 0 Å². The summed E-state index contributed by atoms with van der Waals surface area (Å²) in [6.45, 7) is 0.972. The zero-order valence-corrected chi connectivity index (χ0v) is 11.2. The Hall–Kier alpha value is -1.03. The van der Waals surface area contributed by atoms with Crippen molar-refractivity contribution in [2.24, 2.45) is 0 Å². The van der Waals surface area contributed by atoms with Crippen molar-refractivity contribution in [2.75, 3.05) is 13.1 Å². The number of likely N-dealkylation sites (tertiary alicyclic amines) is 1. The maximum absolute atomic E-state index is 11.8. The zero-order valence-electron chi connectivity index (χ0n) is 9.64. The van der Waals surface area contributed by atoms with Gasteiger partial charge >= 0.3 is 0 Å². The summed E-state index contributed by atoms with van der Waals surface area (Å²) < 4.78 is 0. The minimum Gasteiger partial charge on any atom is -0.391 e. The third-order valence-electron chi connectivity index (χ3n) is 2.87. The molecule has 0 unspecified atom stereocenters. The second kappa shape index (κ2) is 5.74. The number of benzene rings is 1. The van der Waals surface area contributed by atoms with Crippen LogP contribution in [0.1, 0.15) is 12.0 Å². The second-order valence-corrected chi connectivity index (χ2v) is 5.01. The lowest BCUT2D eigenvalue weighted by atomic mass is 10.2. The fraction of sp³-hybridized carbons (Fsp3) is 0.308. The molecule has 1 N–H and O–H groups in total. The zero-order chi connectivity index (χ0) is 13.1. The standard InChI is InChI=1S/C13H13Cl2NO2/c14-11-2-1-3-12(15)10(11)4-5-13(18)16-7-6-9(17)8-16/h1-5,9,17H,6-8H2/t9-/m1/s1. The number of halogens is 2. The molecule has 1 aromatic carbocycles. The van der Waals surface area contributed by atoms with Crippen LogP contribution in [-0.4, -0.2) is 35.1 Å². The fourth-order valence-corrected chi connectivity index (χ4v) is 2.40. The smallest absolute Gasteiger partial charge is 0.246 e. The number of aliphatic hydroxyl groups excluding tert-OH is 1. The summed E-state index contributed by atoms with van der Waals surface area (Å²) in [7, 11) is 0. The van der Waals surface area contributed by atoms with Gasteiger partial charge in [-0.15, -0.1) is 0 Å². The van der Waals surface area contributed by atoms with Crippen molar-refractivity contribution in [3.63, 3.8) is 0 Å². The first kappa shape index (κ1) is 13.4. The lowest BCUT2D eigenvalue weighted by Crippen LogP contribution is -2.27. The van der Waals surface area contributed by atoms with Crippen molar-refractivity contribution in [1.29, 1.82) is 0 Å². The Morgan fingerprint density at radius 1 is 1.39 bits per heavy atom. The summed E-state index contributed by atoms with van der Waals surface area (Å²) in [6.07, 6.45) is 3.26. The molecule has 96 valence electrons. The highest BCUT2D eigenvalue weighted by Crippen LogP contribution is 2.25. The van der Waals surface area contributed by atoms with Crippen LogP contribution in [0.25, 0.3) is 6.08 Å². The first-order chi connectivity index (χ1) is 8.58. The number of hydrogen-bond acceptors (Lipinski definition) is 2. The van der Waals surface area contributed by atoms with E-state index in [0.717, 1.165) is 0 Å². The predicted octanol–water partition coefficient (Wildman–Crippen LogP) is 2.60. The number of β-amino-alcohol motifs (C(OH)–C–C–N with tert-alkyl or cyclic N) is 1. The first-order valence-electron chi connectivity index (χ1n) is 5.67. The van der Waals surface area contributed by atoms with Crippen LogP contribution in [0.15, 0.2) is 24.3 Å². The van der Waals surface area contributed by atoms with Crippen LogP contribution < -0.4 is 0 Å². The SMILES string of the molecule is O=C(C=Cc1c(Cl)cccc1Cl)N1CC[C@@H](O)C1. The maximum atomic E-state index is 11.8. The van der Waals surface area contributed by atoms with Gasteiger partial charge in [-0.25, -0.2) is 0 Å². The summed E-state index contributed by atoms with van der Waals surface area (Å²) in [6, 6.07) is 5.19. The Morgan fingerprint density at radius 3 is 2.61 bits per heavy atom. The van der Waals surface area contributed by atoms with E-state index >= 15 is 0 Å². The lowest BCUT2D eigenvalue weighted by molar-refractivity contribution is -0.125. The largest absolute Gasteiger partial charge is 0.391 e. The van der Waals surface area contributed by atoms with Gasteiger partial charge in [-0.2, -0.15) is 0 Å². The van der Waals surface area contributed by atoms with Crippen molar-refractivity contribution < 1.29 is 9.90 Å². The van der Waals surface area contributed by atoms with Gasteiger partial charge in [0.15, 0.2) is 0 Å². The average Bonchev–Trinajstić information content (AvgIpc) is 2.75. The Labute approximate surface area is 116 Å². The third kappa shape index (κ3) is 3.05. The second-order valence-electron chi connectivity index (χ2n) is 4.20. The minimum atomic E-state index is -0.411. The van der Waals surface area contributed by atoms with Gasteiger partial charge in [0.1, 0.15) is 0 Å². The highest BCUT2D eigenvalue weighted by molar-refractivity contribution is 6.37. The van der Waals surface area contributed by atoms with E-state index in [1.165, 1.54) is 6.08 Å². The molecule has 18 heavy (non-hydrogen) atoms. The van der Waals surface area contributed by atoms with Crippen molar-refractivity contribution in [3.05, 3.63) is 39.9 Å². The molecule has 1 amide bonds. The Bertz CT molecular complexity index is 468. The van der Waals surface area contributed by atoms with Gasteiger partial charge in [-0.05, 0) is 24.6 Å². The van der Waals surface area contributed by atoms with Crippen molar-refractivity contribution in [2.45, 2.75) is 12.5 Å². The molecule has 1 fully saturated rings. The molecule has 2 rings (SSSR count). The number of rotatable bonds is 2. The van der Waals surface area contributed by atoms with Gasteiger partial charge in [0, 0.05) is 34.8 Å². The van der Waals surface area contributed by atoms with Gasteiger partial charge < -0.3 is 10.0 Å². The summed E-state index contributed by atoms with van der Waals surface area (Å²) in [5.74, 6) is -0.137. The molecule has 1 atom stereocenters. The van der Waals surface area contributed by atoms with Gasteiger partial charge in [0.2, 0.25) is 5.91 Å². The quantitative estimate of drug-likeness (QED) is 0.849. The summed E-state index contributed by atoms with van der Waals surface area (Å²) in [4.78, 5) is 13.4. The van der Waals surface area contributed by atoms with Gasteiger partial charge in [-0.1, -0.05) is 29.3 Å². The molecule has 1 saturated heterocycles. The Balaban J connectivity index is 2.09. The molecule has 1 aliphatic heterocycles. The molecule has 1 heterocycles. The molecule has 0 radical (unpaired) electrons. The molecule has 0 saturated carbocycles. The topological polar surface area (TPSA) is 40.5 Å². The number of aliphatic hydroxyl groups is 1. The Kier molecular flexibility index (Phi) is 4.27. The normalized spacial score (nSPS) is 19.7. The molecule has 3 nitrogen and oxygen atoms in total.